The van der Waals surface area contributed by atoms with Crippen LogP contribution in [0, 0.1) is 0 Å². The Morgan fingerprint density at radius 2 is 1.96 bits per heavy atom. The molecule has 1 unspecified atom stereocenters. The zero-order chi connectivity index (χ0) is 19.9. The summed E-state index contributed by atoms with van der Waals surface area (Å²) in [6, 6.07) is 14.7. The number of aliphatic hydroxyl groups excluding tert-OH is 1. The number of nitrogens with one attached hydrogen (secondary N) is 1. The first kappa shape index (κ1) is 19.9. The molecule has 0 radical (unpaired) electrons. The predicted octanol–water partition coefficient (Wildman–Crippen LogP) is 0.700. The van der Waals surface area contributed by atoms with Crippen LogP contribution in [0.15, 0.2) is 48.5 Å². The summed E-state index contributed by atoms with van der Waals surface area (Å²) in [5.41, 5.74) is 8.18. The number of carbonyl (C=O) groups is 2. The lowest BCUT2D eigenvalue weighted by Crippen LogP contribution is -2.42. The van der Waals surface area contributed by atoms with Crippen LogP contribution in [-0.4, -0.2) is 54.2 Å². The van der Waals surface area contributed by atoms with E-state index in [4.69, 9.17) is 10.5 Å². The molecule has 0 saturated carbocycles. The minimum atomic E-state index is -0.660. The van der Waals surface area contributed by atoms with Crippen LogP contribution >= 0.6 is 0 Å². The Balaban J connectivity index is 1.39. The topological polar surface area (TPSA) is 105 Å². The summed E-state index contributed by atoms with van der Waals surface area (Å²) in [6.45, 7) is 2.14. The van der Waals surface area contributed by atoms with Gasteiger partial charge in [-0.3, -0.25) is 14.5 Å². The molecular weight excluding hydrogens is 358 g/mol. The molecule has 1 heterocycles. The molecule has 0 saturated heterocycles. The summed E-state index contributed by atoms with van der Waals surface area (Å²) >= 11 is 0. The van der Waals surface area contributed by atoms with Crippen molar-refractivity contribution in [1.82, 2.24) is 10.2 Å². The molecule has 0 fully saturated rings. The Morgan fingerprint density at radius 3 is 2.75 bits per heavy atom. The van der Waals surface area contributed by atoms with Crippen LogP contribution < -0.4 is 15.8 Å². The van der Waals surface area contributed by atoms with E-state index in [1.54, 1.807) is 18.2 Å². The maximum atomic E-state index is 11.9. The Labute approximate surface area is 164 Å². The first-order valence-electron chi connectivity index (χ1n) is 9.28. The van der Waals surface area contributed by atoms with Gasteiger partial charge in [-0.05, 0) is 35.7 Å². The summed E-state index contributed by atoms with van der Waals surface area (Å²) < 4.78 is 5.37. The largest absolute Gasteiger partial charge is 0.484 e. The molecule has 2 aromatic rings. The second kappa shape index (κ2) is 9.34. The molecule has 28 heavy (non-hydrogen) atoms. The van der Waals surface area contributed by atoms with Crippen LogP contribution in [0.3, 0.4) is 0 Å². The lowest BCUT2D eigenvalue weighted by atomic mass is 10.00. The van der Waals surface area contributed by atoms with Crippen molar-refractivity contribution in [2.75, 3.05) is 26.2 Å². The Morgan fingerprint density at radius 1 is 1.18 bits per heavy atom. The standard InChI is InChI=1S/C21H25N3O4/c22-21(27)16-6-3-7-19(10-16)28-14-20(26)23-11-18(25)13-24-9-8-15-4-1-2-5-17(15)12-24/h1-7,10,18,25H,8-9,11-14H2,(H2,22,27)(H,23,26). The van der Waals surface area contributed by atoms with Crippen LogP contribution in [0.4, 0.5) is 0 Å². The molecule has 7 heteroatoms. The molecule has 0 bridgehead atoms. The van der Waals surface area contributed by atoms with Gasteiger partial charge in [0, 0.05) is 31.7 Å². The van der Waals surface area contributed by atoms with Gasteiger partial charge in [0.05, 0.1) is 6.10 Å². The highest BCUT2D eigenvalue weighted by atomic mass is 16.5. The van der Waals surface area contributed by atoms with E-state index < -0.39 is 12.0 Å². The number of hydrogen-bond donors (Lipinski definition) is 3. The zero-order valence-electron chi connectivity index (χ0n) is 15.6. The van der Waals surface area contributed by atoms with Gasteiger partial charge >= 0.3 is 0 Å². The van der Waals surface area contributed by atoms with Crippen LogP contribution in [0.25, 0.3) is 0 Å². The third-order valence-electron chi connectivity index (χ3n) is 4.70. The number of ether oxygens (including phenoxy) is 1. The number of aliphatic hydroxyl groups is 1. The second-order valence-corrected chi connectivity index (χ2v) is 6.89. The fourth-order valence-electron chi connectivity index (χ4n) is 3.24. The SMILES string of the molecule is NC(=O)c1cccc(OCC(=O)NCC(O)CN2CCc3ccccc3C2)c1. The van der Waals surface area contributed by atoms with E-state index in [2.05, 4.69) is 22.3 Å². The van der Waals surface area contributed by atoms with Crippen molar-refractivity contribution in [2.45, 2.75) is 19.1 Å². The minimum absolute atomic E-state index is 0.154. The van der Waals surface area contributed by atoms with Gasteiger partial charge in [0.15, 0.2) is 6.61 Å². The summed E-state index contributed by atoms with van der Waals surface area (Å²) in [5, 5.41) is 12.9. The number of nitrogens with two attached hydrogens (primary N) is 1. The third kappa shape index (κ3) is 5.55. The fraction of sp³-hybridized carbons (Fsp3) is 0.333. The van der Waals surface area contributed by atoms with Gasteiger partial charge in [0.2, 0.25) is 5.91 Å². The molecule has 3 rings (SSSR count). The molecule has 0 aliphatic carbocycles. The van der Waals surface area contributed by atoms with Crippen molar-refractivity contribution in [1.29, 1.82) is 0 Å². The van der Waals surface area contributed by atoms with E-state index >= 15 is 0 Å². The first-order valence-corrected chi connectivity index (χ1v) is 9.28. The summed E-state index contributed by atoms with van der Waals surface area (Å²) in [5.74, 6) is -0.509. The molecule has 7 nitrogen and oxygen atoms in total. The van der Waals surface area contributed by atoms with E-state index in [1.807, 2.05) is 12.1 Å². The lowest BCUT2D eigenvalue weighted by molar-refractivity contribution is -0.123. The van der Waals surface area contributed by atoms with Crippen LogP contribution in [0.2, 0.25) is 0 Å². The van der Waals surface area contributed by atoms with Gasteiger partial charge in [-0.25, -0.2) is 0 Å². The average molecular weight is 383 g/mol. The molecule has 148 valence electrons. The molecule has 2 aromatic carbocycles. The fourth-order valence-corrected chi connectivity index (χ4v) is 3.24. The molecule has 2 amide bonds. The quantitative estimate of drug-likeness (QED) is 0.622. The van der Waals surface area contributed by atoms with E-state index in [-0.39, 0.29) is 19.1 Å². The molecule has 0 spiro atoms. The van der Waals surface area contributed by atoms with Gasteiger partial charge < -0.3 is 20.9 Å². The minimum Gasteiger partial charge on any atom is -0.484 e. The van der Waals surface area contributed by atoms with E-state index in [9.17, 15) is 14.7 Å². The zero-order valence-corrected chi connectivity index (χ0v) is 15.6. The van der Waals surface area contributed by atoms with Crippen molar-refractivity contribution in [2.24, 2.45) is 5.73 Å². The summed E-state index contributed by atoms with van der Waals surface area (Å²) in [4.78, 5) is 25.3. The number of primary amides is 1. The van der Waals surface area contributed by atoms with E-state index in [0.717, 1.165) is 19.5 Å². The second-order valence-electron chi connectivity index (χ2n) is 6.89. The van der Waals surface area contributed by atoms with Crippen molar-refractivity contribution in [3.05, 3.63) is 65.2 Å². The Bertz CT molecular complexity index is 840. The normalized spacial score (nSPS) is 14.8. The molecular formula is C21H25N3O4. The third-order valence-corrected chi connectivity index (χ3v) is 4.70. The number of benzene rings is 2. The van der Waals surface area contributed by atoms with Crippen LogP contribution in [-0.2, 0) is 17.8 Å². The van der Waals surface area contributed by atoms with Crippen LogP contribution in [0.1, 0.15) is 21.5 Å². The van der Waals surface area contributed by atoms with Crippen molar-refractivity contribution in [3.8, 4) is 5.75 Å². The smallest absolute Gasteiger partial charge is 0.258 e. The number of β-amino-alcohol motifs (C(OH)–C–C–N with tert-alkyl or cyclic N) is 1. The lowest BCUT2D eigenvalue weighted by Gasteiger charge is -2.30. The summed E-state index contributed by atoms with van der Waals surface area (Å²) in [7, 11) is 0. The van der Waals surface area contributed by atoms with Crippen molar-refractivity contribution >= 4 is 11.8 Å². The highest BCUT2D eigenvalue weighted by Crippen LogP contribution is 2.18. The highest BCUT2D eigenvalue weighted by molar-refractivity contribution is 5.93. The van der Waals surface area contributed by atoms with Gasteiger partial charge in [0.25, 0.3) is 5.91 Å². The highest BCUT2D eigenvalue weighted by Gasteiger charge is 2.18. The molecule has 1 aliphatic rings. The van der Waals surface area contributed by atoms with E-state index in [1.165, 1.54) is 17.2 Å². The number of fused-ring (bicyclic) bond motifs is 1. The first-order chi connectivity index (χ1) is 13.5. The number of rotatable bonds is 8. The maximum absolute atomic E-state index is 11.9. The average Bonchev–Trinajstić information content (AvgIpc) is 2.71. The van der Waals surface area contributed by atoms with Crippen molar-refractivity contribution in [3.63, 3.8) is 0 Å². The summed E-state index contributed by atoms with van der Waals surface area (Å²) in [6.07, 6.45) is 0.306. The monoisotopic (exact) mass is 383 g/mol. The van der Waals surface area contributed by atoms with Crippen molar-refractivity contribution < 1.29 is 19.4 Å². The number of hydrogen-bond acceptors (Lipinski definition) is 5. The molecule has 1 atom stereocenters. The predicted molar refractivity (Wildman–Crippen MR) is 105 cm³/mol. The molecule has 0 aromatic heterocycles. The van der Waals surface area contributed by atoms with E-state index in [0.29, 0.717) is 17.9 Å². The number of amides is 2. The molecule has 4 N–H and O–H groups in total. The number of nitrogens with zero attached hydrogens (tertiary/aromatic N) is 1. The Hall–Kier alpha value is -2.90. The van der Waals surface area contributed by atoms with Gasteiger partial charge in [-0.2, -0.15) is 0 Å². The van der Waals surface area contributed by atoms with Gasteiger partial charge in [-0.15, -0.1) is 0 Å². The molecule has 1 aliphatic heterocycles. The van der Waals surface area contributed by atoms with Gasteiger partial charge in [-0.1, -0.05) is 30.3 Å². The Kier molecular flexibility index (Phi) is 6.62. The van der Waals surface area contributed by atoms with Crippen LogP contribution in [0.5, 0.6) is 5.75 Å². The maximum Gasteiger partial charge on any atom is 0.258 e. The number of carbonyl (C=O) groups excluding carboxylic acids is 2. The van der Waals surface area contributed by atoms with Gasteiger partial charge in [0.1, 0.15) is 5.75 Å².